The van der Waals surface area contributed by atoms with Crippen molar-refractivity contribution in [1.82, 2.24) is 9.97 Å². The Bertz CT molecular complexity index is 527. The van der Waals surface area contributed by atoms with Crippen LogP contribution in [-0.2, 0) is 0 Å². The third-order valence-corrected chi connectivity index (χ3v) is 2.74. The molecular formula is C14H17FN4. The Morgan fingerprint density at radius 3 is 2.63 bits per heavy atom. The number of anilines is 3. The van der Waals surface area contributed by atoms with Gasteiger partial charge in [0.15, 0.2) is 5.82 Å². The van der Waals surface area contributed by atoms with Gasteiger partial charge in [0, 0.05) is 19.3 Å². The Morgan fingerprint density at radius 2 is 1.95 bits per heavy atom. The second-order valence-electron chi connectivity index (χ2n) is 4.22. The summed E-state index contributed by atoms with van der Waals surface area (Å²) in [6.45, 7) is 2.95. The molecule has 4 nitrogen and oxygen atoms in total. The van der Waals surface area contributed by atoms with Gasteiger partial charge in [0.25, 0.3) is 0 Å². The fourth-order valence-electron chi connectivity index (χ4n) is 1.65. The van der Waals surface area contributed by atoms with Crippen LogP contribution in [0.25, 0.3) is 0 Å². The van der Waals surface area contributed by atoms with Crippen molar-refractivity contribution in [3.05, 3.63) is 42.5 Å². The van der Waals surface area contributed by atoms with Crippen LogP contribution in [0.1, 0.15) is 13.3 Å². The Labute approximate surface area is 112 Å². The molecule has 0 fully saturated rings. The van der Waals surface area contributed by atoms with Crippen molar-refractivity contribution in [2.45, 2.75) is 13.3 Å². The van der Waals surface area contributed by atoms with E-state index in [1.165, 1.54) is 12.1 Å². The summed E-state index contributed by atoms with van der Waals surface area (Å²) in [4.78, 5) is 10.5. The van der Waals surface area contributed by atoms with E-state index in [-0.39, 0.29) is 5.82 Å². The fourth-order valence-corrected chi connectivity index (χ4v) is 1.65. The Kier molecular flexibility index (Phi) is 4.28. The number of nitrogens with zero attached hydrogens (tertiary/aromatic N) is 3. The van der Waals surface area contributed by atoms with Gasteiger partial charge in [0.05, 0.1) is 12.4 Å². The number of nitrogens with one attached hydrogen (secondary N) is 1. The summed E-state index contributed by atoms with van der Waals surface area (Å²) in [6, 6.07) is 6.28. The second-order valence-corrected chi connectivity index (χ2v) is 4.22. The van der Waals surface area contributed by atoms with Crippen LogP contribution in [0.4, 0.5) is 21.7 Å². The summed E-state index contributed by atoms with van der Waals surface area (Å²) >= 11 is 0. The van der Waals surface area contributed by atoms with Gasteiger partial charge in [-0.2, -0.15) is 0 Å². The highest BCUT2D eigenvalue weighted by molar-refractivity contribution is 5.59. The number of halogens is 1. The van der Waals surface area contributed by atoms with E-state index in [4.69, 9.17) is 0 Å². The zero-order valence-corrected chi connectivity index (χ0v) is 11.1. The molecule has 0 aliphatic rings. The largest absolute Gasteiger partial charge is 0.369 e. The SMILES string of the molecule is CCCNc1cncc(N(C)c2ccc(F)cc2)n1. The molecule has 0 amide bonds. The van der Waals surface area contributed by atoms with Gasteiger partial charge in [-0.25, -0.2) is 9.37 Å². The lowest BCUT2D eigenvalue weighted by Gasteiger charge is -2.18. The summed E-state index contributed by atoms with van der Waals surface area (Å²) < 4.78 is 12.9. The molecule has 19 heavy (non-hydrogen) atoms. The van der Waals surface area contributed by atoms with E-state index in [0.29, 0.717) is 5.82 Å². The van der Waals surface area contributed by atoms with E-state index in [1.807, 2.05) is 11.9 Å². The third-order valence-electron chi connectivity index (χ3n) is 2.74. The average Bonchev–Trinajstić information content (AvgIpc) is 2.45. The van der Waals surface area contributed by atoms with Crippen LogP contribution in [0, 0.1) is 5.82 Å². The molecule has 0 aliphatic carbocycles. The lowest BCUT2D eigenvalue weighted by atomic mass is 10.3. The summed E-state index contributed by atoms with van der Waals surface area (Å²) in [7, 11) is 1.88. The van der Waals surface area contributed by atoms with Crippen molar-refractivity contribution in [2.24, 2.45) is 0 Å². The Morgan fingerprint density at radius 1 is 1.21 bits per heavy atom. The summed E-state index contributed by atoms with van der Waals surface area (Å²) in [5.74, 6) is 1.21. The normalized spacial score (nSPS) is 10.3. The Hall–Kier alpha value is -2.17. The van der Waals surface area contributed by atoms with E-state index in [0.717, 1.165) is 24.5 Å². The van der Waals surface area contributed by atoms with Crippen molar-refractivity contribution in [1.29, 1.82) is 0 Å². The Balaban J connectivity index is 2.18. The zero-order valence-electron chi connectivity index (χ0n) is 11.1. The first-order valence-corrected chi connectivity index (χ1v) is 6.26. The number of rotatable bonds is 5. The highest BCUT2D eigenvalue weighted by atomic mass is 19.1. The first-order chi connectivity index (χ1) is 9.20. The molecule has 0 saturated heterocycles. The molecule has 2 rings (SSSR count). The predicted molar refractivity (Wildman–Crippen MR) is 75.3 cm³/mol. The molecule has 0 saturated carbocycles. The molecule has 0 spiro atoms. The molecule has 0 atom stereocenters. The molecule has 1 aromatic carbocycles. The van der Waals surface area contributed by atoms with E-state index >= 15 is 0 Å². The lowest BCUT2D eigenvalue weighted by Crippen LogP contribution is -2.13. The van der Waals surface area contributed by atoms with Crippen LogP contribution >= 0.6 is 0 Å². The molecule has 0 aliphatic heterocycles. The van der Waals surface area contributed by atoms with Crippen molar-refractivity contribution in [2.75, 3.05) is 23.8 Å². The molecule has 100 valence electrons. The first kappa shape index (κ1) is 13.3. The van der Waals surface area contributed by atoms with Gasteiger partial charge in [0.2, 0.25) is 0 Å². The van der Waals surface area contributed by atoms with Gasteiger partial charge in [-0.1, -0.05) is 6.92 Å². The van der Waals surface area contributed by atoms with Crippen molar-refractivity contribution >= 4 is 17.3 Å². The second kappa shape index (κ2) is 6.13. The molecule has 5 heteroatoms. The third kappa shape index (κ3) is 3.40. The monoisotopic (exact) mass is 260 g/mol. The molecule has 1 N–H and O–H groups in total. The minimum Gasteiger partial charge on any atom is -0.369 e. The minimum absolute atomic E-state index is 0.249. The maximum Gasteiger partial charge on any atom is 0.153 e. The number of hydrogen-bond donors (Lipinski definition) is 1. The van der Waals surface area contributed by atoms with E-state index in [9.17, 15) is 4.39 Å². The van der Waals surface area contributed by atoms with Crippen LogP contribution in [0.5, 0.6) is 0 Å². The zero-order chi connectivity index (χ0) is 13.7. The van der Waals surface area contributed by atoms with Gasteiger partial charge in [-0.15, -0.1) is 0 Å². The van der Waals surface area contributed by atoms with Gasteiger partial charge < -0.3 is 10.2 Å². The molecule has 0 unspecified atom stereocenters. The van der Waals surface area contributed by atoms with Gasteiger partial charge in [-0.05, 0) is 30.7 Å². The highest BCUT2D eigenvalue weighted by Crippen LogP contribution is 2.21. The average molecular weight is 260 g/mol. The van der Waals surface area contributed by atoms with Gasteiger partial charge >= 0.3 is 0 Å². The molecular weight excluding hydrogens is 243 g/mol. The molecule has 0 bridgehead atoms. The van der Waals surface area contributed by atoms with Crippen LogP contribution in [-0.4, -0.2) is 23.6 Å². The maximum absolute atomic E-state index is 12.9. The van der Waals surface area contributed by atoms with E-state index in [1.54, 1.807) is 24.5 Å². The number of hydrogen-bond acceptors (Lipinski definition) is 4. The predicted octanol–water partition coefficient (Wildman–Crippen LogP) is 3.21. The maximum atomic E-state index is 12.9. The number of benzene rings is 1. The van der Waals surface area contributed by atoms with Crippen molar-refractivity contribution in [3.63, 3.8) is 0 Å². The van der Waals surface area contributed by atoms with Gasteiger partial charge in [0.1, 0.15) is 11.6 Å². The first-order valence-electron chi connectivity index (χ1n) is 6.26. The standard InChI is InChI=1S/C14H17FN4/c1-3-8-17-13-9-16-10-14(18-13)19(2)12-6-4-11(15)5-7-12/h4-7,9-10H,3,8H2,1-2H3,(H,17,18). The molecule has 2 aromatic rings. The molecule has 0 radical (unpaired) electrons. The number of aromatic nitrogens is 2. The topological polar surface area (TPSA) is 41.1 Å². The van der Waals surface area contributed by atoms with Crippen molar-refractivity contribution < 1.29 is 4.39 Å². The molecule has 1 heterocycles. The van der Waals surface area contributed by atoms with E-state index in [2.05, 4.69) is 22.2 Å². The van der Waals surface area contributed by atoms with Crippen molar-refractivity contribution in [3.8, 4) is 0 Å². The summed E-state index contributed by atoms with van der Waals surface area (Å²) in [5.41, 5.74) is 0.864. The smallest absolute Gasteiger partial charge is 0.153 e. The van der Waals surface area contributed by atoms with E-state index < -0.39 is 0 Å². The van der Waals surface area contributed by atoms with Gasteiger partial charge in [-0.3, -0.25) is 4.98 Å². The minimum atomic E-state index is -0.249. The molecule has 1 aromatic heterocycles. The highest BCUT2D eigenvalue weighted by Gasteiger charge is 2.06. The van der Waals surface area contributed by atoms with Crippen LogP contribution in [0.15, 0.2) is 36.7 Å². The quantitative estimate of drug-likeness (QED) is 0.896. The fraction of sp³-hybridized carbons (Fsp3) is 0.286. The van der Waals surface area contributed by atoms with Crippen LogP contribution < -0.4 is 10.2 Å². The summed E-state index contributed by atoms with van der Waals surface area (Å²) in [6.07, 6.45) is 4.40. The van der Waals surface area contributed by atoms with Crippen LogP contribution in [0.2, 0.25) is 0 Å². The van der Waals surface area contributed by atoms with Crippen LogP contribution in [0.3, 0.4) is 0 Å². The lowest BCUT2D eigenvalue weighted by molar-refractivity contribution is 0.628. The summed E-state index contributed by atoms with van der Waals surface area (Å²) in [5, 5.41) is 3.19.